The SMILES string of the molecule is Cc1nc(Cl)c(Sc2ccc(C(C)(C)C)cc2)nc1C. The average molecular weight is 307 g/mol. The summed E-state index contributed by atoms with van der Waals surface area (Å²) in [5, 5.41) is 1.23. The van der Waals surface area contributed by atoms with Crippen LogP contribution >= 0.6 is 23.4 Å². The predicted molar refractivity (Wildman–Crippen MR) is 85.8 cm³/mol. The number of nitrogens with zero attached hydrogens (tertiary/aromatic N) is 2. The molecule has 2 rings (SSSR count). The molecule has 0 aliphatic carbocycles. The third-order valence-electron chi connectivity index (χ3n) is 3.17. The van der Waals surface area contributed by atoms with Gasteiger partial charge in [0.25, 0.3) is 0 Å². The molecule has 0 radical (unpaired) electrons. The Bertz CT molecular complexity index is 616. The molecule has 1 aromatic carbocycles. The van der Waals surface area contributed by atoms with E-state index in [4.69, 9.17) is 11.6 Å². The topological polar surface area (TPSA) is 25.8 Å². The Balaban J connectivity index is 2.25. The van der Waals surface area contributed by atoms with Crippen molar-refractivity contribution in [2.45, 2.75) is 50.0 Å². The van der Waals surface area contributed by atoms with Gasteiger partial charge in [0, 0.05) is 4.90 Å². The maximum atomic E-state index is 6.16. The zero-order chi connectivity index (χ0) is 14.9. The van der Waals surface area contributed by atoms with Crippen LogP contribution in [0.2, 0.25) is 5.15 Å². The van der Waals surface area contributed by atoms with Crippen molar-refractivity contribution in [3.63, 3.8) is 0 Å². The van der Waals surface area contributed by atoms with E-state index >= 15 is 0 Å². The van der Waals surface area contributed by atoms with Crippen LogP contribution in [0, 0.1) is 13.8 Å². The number of hydrogen-bond acceptors (Lipinski definition) is 3. The summed E-state index contributed by atoms with van der Waals surface area (Å²) in [6.45, 7) is 10.5. The van der Waals surface area contributed by atoms with Gasteiger partial charge >= 0.3 is 0 Å². The van der Waals surface area contributed by atoms with Gasteiger partial charge in [-0.3, -0.25) is 0 Å². The van der Waals surface area contributed by atoms with Crippen molar-refractivity contribution in [1.82, 2.24) is 9.97 Å². The van der Waals surface area contributed by atoms with Gasteiger partial charge in [-0.25, -0.2) is 9.97 Å². The Morgan fingerprint density at radius 3 is 2.05 bits per heavy atom. The molecule has 0 saturated carbocycles. The number of hydrogen-bond donors (Lipinski definition) is 0. The Kier molecular flexibility index (Phi) is 4.40. The number of rotatable bonds is 2. The molecule has 4 heteroatoms. The zero-order valence-electron chi connectivity index (χ0n) is 12.5. The van der Waals surface area contributed by atoms with Gasteiger partial charge in [-0.05, 0) is 37.0 Å². The lowest BCUT2D eigenvalue weighted by atomic mass is 9.87. The highest BCUT2D eigenvalue weighted by molar-refractivity contribution is 7.99. The summed E-state index contributed by atoms with van der Waals surface area (Å²) in [7, 11) is 0. The summed E-state index contributed by atoms with van der Waals surface area (Å²) in [5.74, 6) is 0. The minimum atomic E-state index is 0.168. The number of halogens is 1. The predicted octanol–water partition coefficient (Wildman–Crippen LogP) is 5.20. The molecule has 1 heterocycles. The van der Waals surface area contributed by atoms with Gasteiger partial charge < -0.3 is 0 Å². The quantitative estimate of drug-likeness (QED) is 0.763. The monoisotopic (exact) mass is 306 g/mol. The maximum Gasteiger partial charge on any atom is 0.161 e. The minimum absolute atomic E-state index is 0.168. The van der Waals surface area contributed by atoms with E-state index in [9.17, 15) is 0 Å². The molecule has 2 aromatic rings. The molecular formula is C16H19ClN2S. The molecule has 0 saturated heterocycles. The van der Waals surface area contributed by atoms with Gasteiger partial charge in [-0.15, -0.1) is 0 Å². The first-order chi connectivity index (χ1) is 9.27. The Morgan fingerprint density at radius 1 is 0.950 bits per heavy atom. The summed E-state index contributed by atoms with van der Waals surface area (Å²) in [5.41, 5.74) is 3.28. The van der Waals surface area contributed by atoms with Gasteiger partial charge in [0.15, 0.2) is 5.15 Å². The Hall–Kier alpha value is -1.06. The van der Waals surface area contributed by atoms with E-state index in [2.05, 4.69) is 55.0 Å². The maximum absolute atomic E-state index is 6.16. The molecule has 0 unspecified atom stereocenters. The number of aromatic nitrogens is 2. The lowest BCUT2D eigenvalue weighted by Gasteiger charge is -2.19. The van der Waals surface area contributed by atoms with Crippen molar-refractivity contribution in [2.24, 2.45) is 0 Å². The first-order valence-electron chi connectivity index (χ1n) is 6.56. The molecule has 106 valence electrons. The smallest absolute Gasteiger partial charge is 0.161 e. The van der Waals surface area contributed by atoms with Crippen LogP contribution in [-0.2, 0) is 5.41 Å². The normalized spacial score (nSPS) is 11.7. The second kappa shape index (κ2) is 5.74. The summed E-state index contributed by atoms with van der Waals surface area (Å²) in [6, 6.07) is 8.53. The van der Waals surface area contributed by atoms with Crippen LogP contribution in [0.1, 0.15) is 37.7 Å². The van der Waals surface area contributed by atoms with E-state index in [1.165, 1.54) is 5.56 Å². The largest absolute Gasteiger partial charge is 0.241 e. The highest BCUT2D eigenvalue weighted by atomic mass is 35.5. The van der Waals surface area contributed by atoms with Crippen molar-refractivity contribution in [3.8, 4) is 0 Å². The molecule has 0 fully saturated rings. The molecule has 20 heavy (non-hydrogen) atoms. The van der Waals surface area contributed by atoms with Crippen molar-refractivity contribution >= 4 is 23.4 Å². The Labute approximate surface area is 130 Å². The third kappa shape index (κ3) is 3.53. The van der Waals surface area contributed by atoms with Crippen LogP contribution in [-0.4, -0.2) is 9.97 Å². The molecule has 0 aliphatic rings. The fourth-order valence-electron chi connectivity index (χ4n) is 1.75. The summed E-state index contributed by atoms with van der Waals surface area (Å²) in [4.78, 5) is 9.94. The van der Waals surface area contributed by atoms with Crippen LogP contribution in [0.5, 0.6) is 0 Å². The van der Waals surface area contributed by atoms with E-state index in [1.54, 1.807) is 11.8 Å². The lowest BCUT2D eigenvalue weighted by molar-refractivity contribution is 0.590. The number of benzene rings is 1. The average Bonchev–Trinajstić information content (AvgIpc) is 2.35. The van der Waals surface area contributed by atoms with Gasteiger partial charge in [0.2, 0.25) is 0 Å². The van der Waals surface area contributed by atoms with Crippen LogP contribution in [0.3, 0.4) is 0 Å². The molecule has 0 bridgehead atoms. The van der Waals surface area contributed by atoms with Gasteiger partial charge in [0.1, 0.15) is 5.03 Å². The van der Waals surface area contributed by atoms with Crippen LogP contribution in [0.25, 0.3) is 0 Å². The van der Waals surface area contributed by atoms with E-state index < -0.39 is 0 Å². The van der Waals surface area contributed by atoms with E-state index in [0.29, 0.717) is 5.15 Å². The van der Waals surface area contributed by atoms with Crippen LogP contribution in [0.4, 0.5) is 0 Å². The van der Waals surface area contributed by atoms with E-state index in [0.717, 1.165) is 21.3 Å². The molecule has 1 aromatic heterocycles. The summed E-state index contributed by atoms with van der Waals surface area (Å²) in [6.07, 6.45) is 0. The van der Waals surface area contributed by atoms with Gasteiger partial charge in [0.05, 0.1) is 11.4 Å². The highest BCUT2D eigenvalue weighted by Gasteiger charge is 2.14. The van der Waals surface area contributed by atoms with Gasteiger partial charge in [-0.2, -0.15) is 0 Å². The minimum Gasteiger partial charge on any atom is -0.241 e. The highest BCUT2D eigenvalue weighted by Crippen LogP contribution is 2.32. The summed E-state index contributed by atoms with van der Waals surface area (Å²) < 4.78 is 0. The standard InChI is InChI=1S/C16H19ClN2S/c1-10-11(2)19-15(14(17)18-10)20-13-8-6-12(7-9-13)16(3,4)5/h6-9H,1-5H3. The molecule has 0 amide bonds. The molecule has 2 nitrogen and oxygen atoms in total. The molecular weight excluding hydrogens is 288 g/mol. The zero-order valence-corrected chi connectivity index (χ0v) is 14.1. The Morgan fingerprint density at radius 2 is 1.50 bits per heavy atom. The van der Waals surface area contributed by atoms with Crippen molar-refractivity contribution in [3.05, 3.63) is 46.4 Å². The first kappa shape index (κ1) is 15.3. The second-order valence-corrected chi connectivity index (χ2v) is 7.29. The summed E-state index contributed by atoms with van der Waals surface area (Å²) >= 11 is 7.71. The number of aryl methyl sites for hydroxylation is 2. The molecule has 0 atom stereocenters. The van der Waals surface area contributed by atoms with Crippen molar-refractivity contribution < 1.29 is 0 Å². The molecule has 0 spiro atoms. The van der Waals surface area contributed by atoms with Crippen LogP contribution < -0.4 is 0 Å². The van der Waals surface area contributed by atoms with E-state index in [1.807, 2.05) is 13.8 Å². The first-order valence-corrected chi connectivity index (χ1v) is 7.76. The fraction of sp³-hybridized carbons (Fsp3) is 0.375. The van der Waals surface area contributed by atoms with Crippen molar-refractivity contribution in [2.75, 3.05) is 0 Å². The van der Waals surface area contributed by atoms with E-state index in [-0.39, 0.29) is 5.41 Å². The molecule has 0 N–H and O–H groups in total. The molecule has 0 aliphatic heterocycles. The third-order valence-corrected chi connectivity index (χ3v) is 4.53. The fourth-order valence-corrected chi connectivity index (χ4v) is 2.85. The lowest BCUT2D eigenvalue weighted by Crippen LogP contribution is -2.10. The van der Waals surface area contributed by atoms with Crippen LogP contribution in [0.15, 0.2) is 34.2 Å². The van der Waals surface area contributed by atoms with Crippen molar-refractivity contribution in [1.29, 1.82) is 0 Å². The van der Waals surface area contributed by atoms with Gasteiger partial charge in [-0.1, -0.05) is 56.3 Å². The second-order valence-electron chi connectivity index (χ2n) is 5.87.